The molecule has 0 aromatic heterocycles. The second-order valence-electron chi connectivity index (χ2n) is 26.7. The van der Waals surface area contributed by atoms with Crippen LogP contribution in [0.4, 0.5) is 0 Å². The average molecular weight is 1670 g/mol. The summed E-state index contributed by atoms with van der Waals surface area (Å²) in [5.41, 5.74) is 9.85. The molecule has 0 spiro atoms. The average Bonchev–Trinajstić information content (AvgIpc) is 0.850. The van der Waals surface area contributed by atoms with Gasteiger partial charge in [0.2, 0.25) is 0 Å². The lowest BCUT2D eigenvalue weighted by atomic mass is 10.0. The van der Waals surface area contributed by atoms with E-state index in [0.717, 1.165) is 107 Å². The first-order valence-electron chi connectivity index (χ1n) is 37.9. The van der Waals surface area contributed by atoms with Crippen LogP contribution in [0.1, 0.15) is 45.7 Å². The SMILES string of the molecule is C=C(C)C(=O)Oc1ccc(-c2ccc(OC(=O)C(=C)C)cc2)cc1.C=C(C)C(=O)Oc1ccc2cc(OC(=O)C(=C)C)ccc2c1.C=CC(=O)Oc1ccc(-c2ccc(C=C)cc2)cc1.C=CC(=O)Oc1ccc(-c2ccc(OC(=O)C=C)cc2)cc1.C=CC(=O)Oc1ccc2cc(OC(=O)C=C)ccc2c1.C=Cc1ccc2cc(OC(=O)C(=C)C)ccc2c1. The van der Waals surface area contributed by atoms with Gasteiger partial charge in [-0.15, -0.1) is 0 Å². The maximum absolute atomic E-state index is 11.5. The zero-order valence-electron chi connectivity index (χ0n) is 69.4. The highest BCUT2D eigenvalue weighted by Gasteiger charge is 2.14. The lowest BCUT2D eigenvalue weighted by Gasteiger charge is -2.07. The molecule has 0 saturated carbocycles. The molecule has 0 bridgehead atoms. The predicted molar refractivity (Wildman–Crippen MR) is 489 cm³/mol. The lowest BCUT2D eigenvalue weighted by molar-refractivity contribution is -0.130. The molecule has 0 unspecified atom stereocenters. The lowest BCUT2D eigenvalue weighted by Crippen LogP contribution is -2.08. The Morgan fingerprint density at radius 3 is 0.544 bits per heavy atom. The van der Waals surface area contributed by atoms with Gasteiger partial charge >= 0.3 is 59.7 Å². The van der Waals surface area contributed by atoms with E-state index in [9.17, 15) is 47.9 Å². The van der Waals surface area contributed by atoms with E-state index >= 15 is 0 Å². The van der Waals surface area contributed by atoms with Crippen molar-refractivity contribution in [3.8, 4) is 90.9 Å². The fourth-order valence-corrected chi connectivity index (χ4v) is 10.2. The Labute approximate surface area is 724 Å². The van der Waals surface area contributed by atoms with E-state index in [4.69, 9.17) is 47.4 Å². The molecule has 125 heavy (non-hydrogen) atoms. The first-order chi connectivity index (χ1) is 59.8. The Kier molecular flexibility index (Phi) is 36.2. The Morgan fingerprint density at radius 2 is 0.344 bits per heavy atom. The van der Waals surface area contributed by atoms with Gasteiger partial charge in [0.25, 0.3) is 0 Å². The van der Waals surface area contributed by atoms with Crippen molar-refractivity contribution in [2.75, 3.05) is 0 Å². The maximum atomic E-state index is 11.5. The number of esters is 10. The van der Waals surface area contributed by atoms with Crippen molar-refractivity contribution in [1.82, 2.24) is 0 Å². The monoisotopic (exact) mass is 1670 g/mol. The molecule has 0 fully saturated rings. The summed E-state index contributed by atoms with van der Waals surface area (Å²) in [7, 11) is 0. The molecule has 0 saturated heterocycles. The van der Waals surface area contributed by atoms with Crippen LogP contribution in [0.2, 0.25) is 0 Å². The van der Waals surface area contributed by atoms with E-state index in [0.29, 0.717) is 85.4 Å². The van der Waals surface area contributed by atoms with Crippen molar-refractivity contribution < 1.29 is 95.3 Å². The Morgan fingerprint density at radius 1 is 0.192 bits per heavy atom. The molecular formula is C105H88O20. The molecule has 20 heteroatoms. The van der Waals surface area contributed by atoms with Gasteiger partial charge in [-0.1, -0.05) is 218 Å². The molecule has 12 rings (SSSR count). The molecule has 12 aromatic rings. The molecule has 0 atom stereocenters. The molecular weight excluding hydrogens is 1580 g/mol. The second kappa shape index (κ2) is 47.6. The van der Waals surface area contributed by atoms with Gasteiger partial charge in [-0.25, -0.2) is 47.9 Å². The van der Waals surface area contributed by atoms with Crippen molar-refractivity contribution in [3.05, 3.63) is 403 Å². The van der Waals surface area contributed by atoms with Gasteiger partial charge in [0.1, 0.15) is 57.5 Å². The van der Waals surface area contributed by atoms with Crippen molar-refractivity contribution in [3.63, 3.8) is 0 Å². The van der Waals surface area contributed by atoms with Crippen LogP contribution < -0.4 is 47.4 Å². The summed E-state index contributed by atoms with van der Waals surface area (Å²) in [6, 6.07) is 75.9. The minimum atomic E-state index is -0.513. The number of ether oxygens (including phenoxy) is 10. The molecule has 0 aliphatic rings. The number of hydrogen-bond acceptors (Lipinski definition) is 20. The van der Waals surface area contributed by atoms with Gasteiger partial charge in [-0.3, -0.25) is 0 Å². The maximum Gasteiger partial charge on any atom is 0.338 e. The molecule has 0 aliphatic heterocycles. The fraction of sp³-hybridized carbons (Fsp3) is 0.0476. The first kappa shape index (κ1) is 95.1. The van der Waals surface area contributed by atoms with Gasteiger partial charge in [0.05, 0.1) is 0 Å². The van der Waals surface area contributed by atoms with Gasteiger partial charge < -0.3 is 47.4 Å². The van der Waals surface area contributed by atoms with Crippen LogP contribution in [0.25, 0.3) is 77.9 Å². The smallest absolute Gasteiger partial charge is 0.338 e. The first-order valence-corrected chi connectivity index (χ1v) is 37.9. The summed E-state index contributed by atoms with van der Waals surface area (Å²) in [6.45, 7) is 49.9. The van der Waals surface area contributed by atoms with Crippen LogP contribution in [0.15, 0.2) is 392 Å². The van der Waals surface area contributed by atoms with Crippen molar-refractivity contribution in [2.24, 2.45) is 0 Å². The van der Waals surface area contributed by atoms with Gasteiger partial charge in [-0.05, 0) is 239 Å². The summed E-state index contributed by atoms with van der Waals surface area (Å²) < 4.78 is 50.9. The van der Waals surface area contributed by atoms with Crippen LogP contribution in [-0.4, -0.2) is 59.7 Å². The highest BCUT2D eigenvalue weighted by molar-refractivity contribution is 5.95. The molecule has 0 N–H and O–H groups in total. The summed E-state index contributed by atoms with van der Waals surface area (Å²) in [5.74, 6) is -0.137. The molecule has 12 aromatic carbocycles. The van der Waals surface area contributed by atoms with Crippen LogP contribution in [-0.2, 0) is 47.9 Å². The van der Waals surface area contributed by atoms with E-state index in [1.807, 2.05) is 121 Å². The standard InChI is InChI=1S/C20H18O4.C18H16O4.C18H14O4.C17H14O2.C16H12O4.C16H14O2/c1-13(2)19(21)23-17-9-5-15(6-10-17)16-7-11-18(12-8-16)24-20(22)14(3)4;1-11(2)17(19)21-15-7-5-14-10-16(8-6-13(14)9-15)22-18(20)12(3)4;1-3-17(19)21-15-9-5-13(6-10-15)14-7-11-16(12-8-14)22-18(20)4-2;1-3-13-5-7-14(8-6-13)15-9-11-16(12-10-15)19-17(18)4-2;1-3-15(17)19-13-7-5-12-10-14(20-16(18)4-2)8-6-11(12)9-13;1-4-12-5-6-14-10-15(8-7-13(14)9-12)18-16(17)11(2)3/h5-12H,1,3H2,2,4H3;5-10H,1,3H2,2,4H3;3-12H,1-2H2;3-12H,1-2H2;3-10H,1-2H2;4-10H,1-2H2,3H3. The van der Waals surface area contributed by atoms with Crippen LogP contribution in [0.3, 0.4) is 0 Å². The quantitative estimate of drug-likeness (QED) is 0.0292. The predicted octanol–water partition coefficient (Wildman–Crippen LogP) is 22.7. The molecule has 0 radical (unpaired) electrons. The minimum Gasteiger partial charge on any atom is -0.423 e. The number of carbonyl (C=O) groups excluding carboxylic acids is 10. The van der Waals surface area contributed by atoms with E-state index in [2.05, 4.69) is 78.9 Å². The molecule has 0 amide bonds. The Balaban J connectivity index is 0.000000206. The molecule has 20 nitrogen and oxygen atoms in total. The van der Waals surface area contributed by atoms with Crippen molar-refractivity contribution in [1.29, 1.82) is 0 Å². The Bertz CT molecular complexity index is 5880. The highest BCUT2D eigenvalue weighted by atomic mass is 16.6. The number of carbonyl (C=O) groups is 10. The Hall–Kier alpha value is -17.0. The third-order valence-corrected chi connectivity index (χ3v) is 16.8. The summed E-state index contributed by atoms with van der Waals surface area (Å²) in [4.78, 5) is 113. The highest BCUT2D eigenvalue weighted by Crippen LogP contribution is 2.32. The van der Waals surface area contributed by atoms with Gasteiger partial charge in [-0.2, -0.15) is 0 Å². The third kappa shape index (κ3) is 31.0. The number of fused-ring (bicyclic) bond motifs is 3. The molecule has 0 heterocycles. The minimum absolute atomic E-state index is 0.335. The van der Waals surface area contributed by atoms with Crippen molar-refractivity contribution >= 4 is 104 Å². The van der Waals surface area contributed by atoms with E-state index in [1.54, 1.807) is 180 Å². The molecule has 0 aliphatic carbocycles. The topological polar surface area (TPSA) is 263 Å². The van der Waals surface area contributed by atoms with E-state index in [-0.39, 0.29) is 0 Å². The third-order valence-electron chi connectivity index (χ3n) is 16.8. The van der Waals surface area contributed by atoms with Crippen LogP contribution >= 0.6 is 0 Å². The zero-order chi connectivity index (χ0) is 91.2. The summed E-state index contributed by atoms with van der Waals surface area (Å²) in [5, 5.41) is 5.55. The number of hydrogen-bond donors (Lipinski definition) is 0. The van der Waals surface area contributed by atoms with E-state index < -0.39 is 59.7 Å². The summed E-state index contributed by atoms with van der Waals surface area (Å²) in [6.07, 6.45) is 9.16. The zero-order valence-corrected chi connectivity index (χ0v) is 69.4. The number of benzene rings is 12. The van der Waals surface area contributed by atoms with Gasteiger partial charge in [0, 0.05) is 58.2 Å². The largest absolute Gasteiger partial charge is 0.423 e. The summed E-state index contributed by atoms with van der Waals surface area (Å²) >= 11 is 0. The fourth-order valence-electron chi connectivity index (χ4n) is 10.2. The van der Waals surface area contributed by atoms with Crippen LogP contribution in [0, 0.1) is 0 Å². The number of rotatable bonds is 25. The van der Waals surface area contributed by atoms with E-state index in [1.165, 1.54) is 0 Å². The van der Waals surface area contributed by atoms with Crippen LogP contribution in [0.5, 0.6) is 57.5 Å². The molecule has 628 valence electrons. The van der Waals surface area contributed by atoms with Crippen molar-refractivity contribution in [2.45, 2.75) is 34.6 Å². The normalized spacial score (nSPS) is 9.86. The second-order valence-corrected chi connectivity index (χ2v) is 26.7. The van der Waals surface area contributed by atoms with Gasteiger partial charge in [0.15, 0.2) is 0 Å².